The van der Waals surface area contributed by atoms with Gasteiger partial charge in [-0.2, -0.15) is 0 Å². The Bertz CT molecular complexity index is 370. The van der Waals surface area contributed by atoms with E-state index in [9.17, 15) is 9.90 Å². The summed E-state index contributed by atoms with van der Waals surface area (Å²) in [6, 6.07) is 6.49. The smallest absolute Gasteiger partial charge is 0.314 e. The van der Waals surface area contributed by atoms with Crippen LogP contribution in [-0.4, -0.2) is 37.9 Å². The molecule has 1 rings (SSSR count). The Kier molecular flexibility index (Phi) is 6.49. The molecule has 0 spiro atoms. The first kappa shape index (κ1) is 14.8. The van der Waals surface area contributed by atoms with E-state index >= 15 is 0 Å². The summed E-state index contributed by atoms with van der Waals surface area (Å²) >= 11 is 5.74. The predicted octanol–water partition coefficient (Wildman–Crippen LogP) is 1.32. The van der Waals surface area contributed by atoms with Gasteiger partial charge in [0.15, 0.2) is 0 Å². The highest BCUT2D eigenvalue weighted by Crippen LogP contribution is 2.15. The largest absolute Gasteiger partial charge is 0.387 e. The number of urea groups is 1. The molecule has 0 bridgehead atoms. The van der Waals surface area contributed by atoms with Gasteiger partial charge in [-0.1, -0.05) is 23.7 Å². The summed E-state index contributed by atoms with van der Waals surface area (Å²) in [5.41, 5.74) is 0.705. The van der Waals surface area contributed by atoms with Crippen LogP contribution in [-0.2, 0) is 4.74 Å². The van der Waals surface area contributed by atoms with Crippen LogP contribution in [0.25, 0.3) is 0 Å². The minimum Gasteiger partial charge on any atom is -0.387 e. The molecular formula is C12H17ClN2O3. The molecule has 1 aromatic rings. The Morgan fingerprint density at radius 3 is 2.67 bits per heavy atom. The lowest BCUT2D eigenvalue weighted by Crippen LogP contribution is -2.39. The monoisotopic (exact) mass is 272 g/mol. The SMILES string of the molecule is COCCNC(=O)NCC(O)c1ccc(Cl)cc1. The lowest BCUT2D eigenvalue weighted by atomic mass is 10.1. The summed E-state index contributed by atoms with van der Waals surface area (Å²) in [6.45, 7) is 1.02. The standard InChI is InChI=1S/C12H17ClN2O3/c1-18-7-6-14-12(17)15-8-11(16)9-2-4-10(13)5-3-9/h2-5,11,16H,6-8H2,1H3,(H2,14,15,17). The van der Waals surface area contributed by atoms with Gasteiger partial charge in [0.2, 0.25) is 0 Å². The van der Waals surface area contributed by atoms with Crippen molar-refractivity contribution in [1.82, 2.24) is 10.6 Å². The van der Waals surface area contributed by atoms with Crippen LogP contribution < -0.4 is 10.6 Å². The topological polar surface area (TPSA) is 70.6 Å². The van der Waals surface area contributed by atoms with E-state index in [0.29, 0.717) is 23.7 Å². The maximum absolute atomic E-state index is 11.3. The summed E-state index contributed by atoms with van der Waals surface area (Å²) in [5, 5.41) is 15.6. The quantitative estimate of drug-likeness (QED) is 0.684. The highest BCUT2D eigenvalue weighted by Gasteiger charge is 2.08. The van der Waals surface area contributed by atoms with Gasteiger partial charge in [0.25, 0.3) is 0 Å². The third-order valence-electron chi connectivity index (χ3n) is 2.30. The van der Waals surface area contributed by atoms with Crippen molar-refractivity contribution < 1.29 is 14.6 Å². The molecule has 0 heterocycles. The van der Waals surface area contributed by atoms with E-state index in [1.165, 1.54) is 0 Å². The predicted molar refractivity (Wildman–Crippen MR) is 69.7 cm³/mol. The lowest BCUT2D eigenvalue weighted by molar-refractivity contribution is 0.171. The Morgan fingerprint density at radius 1 is 1.39 bits per heavy atom. The van der Waals surface area contributed by atoms with Crippen molar-refractivity contribution in [2.24, 2.45) is 0 Å². The molecule has 6 heteroatoms. The molecule has 2 amide bonds. The molecule has 3 N–H and O–H groups in total. The Hall–Kier alpha value is -1.30. The second-order valence-corrected chi connectivity index (χ2v) is 4.13. The molecule has 1 aromatic carbocycles. The lowest BCUT2D eigenvalue weighted by Gasteiger charge is -2.13. The van der Waals surface area contributed by atoms with Gasteiger partial charge in [0.05, 0.1) is 12.7 Å². The molecule has 5 nitrogen and oxygen atoms in total. The number of carbonyl (C=O) groups excluding carboxylic acids is 1. The van der Waals surface area contributed by atoms with Crippen LogP contribution in [0.2, 0.25) is 5.02 Å². The molecule has 0 aromatic heterocycles. The van der Waals surface area contributed by atoms with Crippen molar-refractivity contribution in [3.63, 3.8) is 0 Å². The Labute approximate surface area is 111 Å². The number of carbonyl (C=O) groups is 1. The van der Waals surface area contributed by atoms with Crippen molar-refractivity contribution in [2.75, 3.05) is 26.8 Å². The van der Waals surface area contributed by atoms with E-state index in [1.807, 2.05) is 0 Å². The molecule has 18 heavy (non-hydrogen) atoms. The molecule has 1 unspecified atom stereocenters. The van der Waals surface area contributed by atoms with Crippen LogP contribution >= 0.6 is 11.6 Å². The number of amides is 2. The minimum atomic E-state index is -0.754. The second kappa shape index (κ2) is 7.92. The number of benzene rings is 1. The zero-order valence-corrected chi connectivity index (χ0v) is 10.9. The zero-order chi connectivity index (χ0) is 13.4. The number of aliphatic hydroxyl groups excluding tert-OH is 1. The van der Waals surface area contributed by atoms with Crippen LogP contribution in [0.15, 0.2) is 24.3 Å². The van der Waals surface area contributed by atoms with Crippen molar-refractivity contribution in [2.45, 2.75) is 6.10 Å². The van der Waals surface area contributed by atoms with E-state index in [-0.39, 0.29) is 12.6 Å². The number of hydrogen-bond acceptors (Lipinski definition) is 3. The number of rotatable bonds is 6. The summed E-state index contributed by atoms with van der Waals surface area (Å²) in [6.07, 6.45) is -0.754. The number of aliphatic hydroxyl groups is 1. The first-order chi connectivity index (χ1) is 8.63. The third kappa shape index (κ3) is 5.35. The fraction of sp³-hybridized carbons (Fsp3) is 0.417. The van der Waals surface area contributed by atoms with Gasteiger partial charge in [-0.05, 0) is 17.7 Å². The van der Waals surface area contributed by atoms with Crippen molar-refractivity contribution in [3.8, 4) is 0 Å². The molecule has 0 aliphatic heterocycles. The first-order valence-electron chi connectivity index (χ1n) is 5.57. The van der Waals surface area contributed by atoms with Crippen LogP contribution in [0.5, 0.6) is 0 Å². The fourth-order valence-corrected chi connectivity index (χ4v) is 1.45. The van der Waals surface area contributed by atoms with Crippen LogP contribution in [0.3, 0.4) is 0 Å². The second-order valence-electron chi connectivity index (χ2n) is 3.70. The summed E-state index contributed by atoms with van der Waals surface area (Å²) in [7, 11) is 1.56. The van der Waals surface area contributed by atoms with Gasteiger partial charge in [-0.15, -0.1) is 0 Å². The molecule has 0 saturated carbocycles. The maximum Gasteiger partial charge on any atom is 0.314 e. The molecule has 0 saturated heterocycles. The van der Waals surface area contributed by atoms with Crippen LogP contribution in [0.4, 0.5) is 4.79 Å². The van der Waals surface area contributed by atoms with Crippen LogP contribution in [0, 0.1) is 0 Å². The molecular weight excluding hydrogens is 256 g/mol. The van der Waals surface area contributed by atoms with Gasteiger partial charge in [0.1, 0.15) is 0 Å². The van der Waals surface area contributed by atoms with Gasteiger partial charge in [-0.3, -0.25) is 0 Å². The number of hydrogen-bond donors (Lipinski definition) is 3. The number of halogens is 1. The maximum atomic E-state index is 11.3. The third-order valence-corrected chi connectivity index (χ3v) is 2.55. The first-order valence-corrected chi connectivity index (χ1v) is 5.95. The molecule has 1 atom stereocenters. The van der Waals surface area contributed by atoms with Gasteiger partial charge < -0.3 is 20.5 Å². The van der Waals surface area contributed by atoms with Gasteiger partial charge in [-0.25, -0.2) is 4.79 Å². The van der Waals surface area contributed by atoms with E-state index in [1.54, 1.807) is 31.4 Å². The summed E-state index contributed by atoms with van der Waals surface area (Å²) < 4.78 is 4.79. The molecule has 0 aliphatic carbocycles. The average molecular weight is 273 g/mol. The number of methoxy groups -OCH3 is 1. The van der Waals surface area contributed by atoms with Gasteiger partial charge in [0, 0.05) is 25.2 Å². The van der Waals surface area contributed by atoms with E-state index in [0.717, 1.165) is 0 Å². The van der Waals surface area contributed by atoms with E-state index < -0.39 is 6.10 Å². The van der Waals surface area contributed by atoms with E-state index in [2.05, 4.69) is 10.6 Å². The average Bonchev–Trinajstić information content (AvgIpc) is 2.37. The number of ether oxygens (including phenoxy) is 1. The van der Waals surface area contributed by atoms with Crippen molar-refractivity contribution in [3.05, 3.63) is 34.9 Å². The van der Waals surface area contributed by atoms with E-state index in [4.69, 9.17) is 16.3 Å². The highest BCUT2D eigenvalue weighted by atomic mass is 35.5. The molecule has 100 valence electrons. The highest BCUT2D eigenvalue weighted by molar-refractivity contribution is 6.30. The van der Waals surface area contributed by atoms with Crippen LogP contribution in [0.1, 0.15) is 11.7 Å². The minimum absolute atomic E-state index is 0.139. The fourth-order valence-electron chi connectivity index (χ4n) is 1.32. The van der Waals surface area contributed by atoms with Crippen molar-refractivity contribution in [1.29, 1.82) is 0 Å². The Balaban J connectivity index is 2.30. The Morgan fingerprint density at radius 2 is 2.06 bits per heavy atom. The molecule has 0 fully saturated rings. The molecule has 0 aliphatic rings. The summed E-state index contributed by atoms with van der Waals surface area (Å²) in [4.78, 5) is 11.3. The number of nitrogens with one attached hydrogen (secondary N) is 2. The van der Waals surface area contributed by atoms with Crippen molar-refractivity contribution >= 4 is 17.6 Å². The van der Waals surface area contributed by atoms with Gasteiger partial charge >= 0.3 is 6.03 Å². The summed E-state index contributed by atoms with van der Waals surface area (Å²) in [5.74, 6) is 0. The zero-order valence-electron chi connectivity index (χ0n) is 10.1. The molecule has 0 radical (unpaired) electrons. The normalized spacial score (nSPS) is 11.9.